The number of carbonyl (C=O) groups excluding carboxylic acids is 1. The average Bonchev–Trinajstić information content (AvgIpc) is 3.08. The molecule has 0 aliphatic carbocycles. The molecule has 0 radical (unpaired) electrons. The van der Waals surface area contributed by atoms with Gasteiger partial charge in [0.1, 0.15) is 12.4 Å². The second kappa shape index (κ2) is 7.75. The lowest BCUT2D eigenvalue weighted by Gasteiger charge is -2.25. The molecular formula is C21H19N5O4. The number of ether oxygens (including phenoxy) is 2. The Morgan fingerprint density at radius 3 is 2.80 bits per heavy atom. The van der Waals surface area contributed by atoms with Gasteiger partial charge in [-0.25, -0.2) is 5.10 Å². The lowest BCUT2D eigenvalue weighted by molar-refractivity contribution is -0.116. The quantitative estimate of drug-likeness (QED) is 0.626. The third-order valence-corrected chi connectivity index (χ3v) is 4.89. The molecule has 4 rings (SSSR count). The maximum atomic E-state index is 12.5. The first kappa shape index (κ1) is 19.3. The molecule has 3 aromatic rings. The third-order valence-electron chi connectivity index (χ3n) is 4.89. The van der Waals surface area contributed by atoms with E-state index < -0.39 is 0 Å². The smallest absolute Gasteiger partial charge is 0.264 e. The van der Waals surface area contributed by atoms with E-state index in [2.05, 4.69) is 26.5 Å². The molecule has 0 saturated heterocycles. The summed E-state index contributed by atoms with van der Waals surface area (Å²) in [6.07, 6.45) is 5.56. The van der Waals surface area contributed by atoms with Crippen molar-refractivity contribution in [2.45, 2.75) is 19.3 Å². The van der Waals surface area contributed by atoms with Crippen molar-refractivity contribution < 1.29 is 14.3 Å². The minimum Gasteiger partial charge on any atom is -0.493 e. The molecule has 1 unspecified atom stereocenters. The molecular weight excluding hydrogens is 386 g/mol. The largest absolute Gasteiger partial charge is 0.493 e. The van der Waals surface area contributed by atoms with Crippen LogP contribution in [0.1, 0.15) is 29.2 Å². The van der Waals surface area contributed by atoms with Crippen LogP contribution in [0.15, 0.2) is 35.1 Å². The molecule has 2 aromatic heterocycles. The Balaban J connectivity index is 1.81. The van der Waals surface area contributed by atoms with Gasteiger partial charge in [-0.1, -0.05) is 12.0 Å². The van der Waals surface area contributed by atoms with E-state index in [4.69, 9.17) is 15.9 Å². The summed E-state index contributed by atoms with van der Waals surface area (Å²) in [6.45, 7) is 1.97. The molecule has 30 heavy (non-hydrogen) atoms. The van der Waals surface area contributed by atoms with E-state index in [9.17, 15) is 9.59 Å². The Hall–Kier alpha value is -4.06. The lowest BCUT2D eigenvalue weighted by atomic mass is 9.85. The molecule has 0 fully saturated rings. The van der Waals surface area contributed by atoms with Crippen LogP contribution in [0.25, 0.3) is 5.82 Å². The van der Waals surface area contributed by atoms with Crippen molar-refractivity contribution in [2.24, 2.45) is 0 Å². The number of nitrogens with zero attached hydrogens (tertiary/aromatic N) is 3. The SMILES string of the molecule is C#CCOc1cc(C2CC(=O)Nc3c2c(C)nn3-c2ccc(=O)[nH]n2)ccc1OC. The number of amides is 1. The van der Waals surface area contributed by atoms with Gasteiger partial charge in [0, 0.05) is 24.0 Å². The summed E-state index contributed by atoms with van der Waals surface area (Å²) in [7, 11) is 1.55. The number of nitrogens with one attached hydrogen (secondary N) is 2. The minimum absolute atomic E-state index is 0.102. The number of benzene rings is 1. The Morgan fingerprint density at radius 2 is 2.10 bits per heavy atom. The van der Waals surface area contributed by atoms with Gasteiger partial charge in [-0.3, -0.25) is 9.59 Å². The molecule has 152 valence electrons. The molecule has 0 bridgehead atoms. The fraction of sp³-hybridized carbons (Fsp3) is 0.238. The molecule has 3 heterocycles. The van der Waals surface area contributed by atoms with Gasteiger partial charge >= 0.3 is 0 Å². The van der Waals surface area contributed by atoms with Crippen molar-refractivity contribution in [2.75, 3.05) is 19.0 Å². The zero-order valence-corrected chi connectivity index (χ0v) is 16.4. The first-order valence-electron chi connectivity index (χ1n) is 9.21. The second-order valence-corrected chi connectivity index (χ2v) is 6.75. The van der Waals surface area contributed by atoms with Crippen LogP contribution in [0.4, 0.5) is 5.82 Å². The van der Waals surface area contributed by atoms with Gasteiger partial charge in [-0.05, 0) is 30.7 Å². The van der Waals surface area contributed by atoms with E-state index in [1.54, 1.807) is 19.2 Å². The van der Waals surface area contributed by atoms with Crippen LogP contribution in [-0.2, 0) is 4.79 Å². The predicted octanol–water partition coefficient (Wildman–Crippen LogP) is 1.76. The number of anilines is 1. The van der Waals surface area contributed by atoms with E-state index >= 15 is 0 Å². The van der Waals surface area contributed by atoms with Crippen molar-refractivity contribution in [1.29, 1.82) is 0 Å². The van der Waals surface area contributed by atoms with Crippen LogP contribution in [0, 0.1) is 19.3 Å². The molecule has 9 nitrogen and oxygen atoms in total. The van der Waals surface area contributed by atoms with E-state index in [0.717, 1.165) is 16.8 Å². The van der Waals surface area contributed by atoms with Crippen LogP contribution < -0.4 is 20.3 Å². The maximum absolute atomic E-state index is 12.5. The summed E-state index contributed by atoms with van der Waals surface area (Å²) in [5, 5.41) is 13.8. The summed E-state index contributed by atoms with van der Waals surface area (Å²) in [4.78, 5) is 23.9. The zero-order valence-electron chi connectivity index (χ0n) is 16.4. The third kappa shape index (κ3) is 3.39. The molecule has 1 aliphatic heterocycles. The number of H-pyrrole nitrogens is 1. The first-order chi connectivity index (χ1) is 14.5. The van der Waals surface area contributed by atoms with Gasteiger partial charge in [-0.2, -0.15) is 14.9 Å². The molecule has 2 N–H and O–H groups in total. The van der Waals surface area contributed by atoms with Gasteiger partial charge in [0.05, 0.1) is 12.8 Å². The summed E-state index contributed by atoms with van der Waals surface area (Å²) in [5.41, 5.74) is 2.16. The van der Waals surface area contributed by atoms with Crippen LogP contribution in [0.5, 0.6) is 11.5 Å². The molecule has 0 saturated carbocycles. The highest BCUT2D eigenvalue weighted by Gasteiger charge is 2.33. The summed E-state index contributed by atoms with van der Waals surface area (Å²) >= 11 is 0. The maximum Gasteiger partial charge on any atom is 0.264 e. The van der Waals surface area contributed by atoms with Gasteiger partial charge < -0.3 is 14.8 Å². The van der Waals surface area contributed by atoms with E-state index in [0.29, 0.717) is 23.1 Å². The highest BCUT2D eigenvalue weighted by atomic mass is 16.5. The van der Waals surface area contributed by atoms with E-state index in [-0.39, 0.29) is 30.4 Å². The number of methoxy groups -OCH3 is 1. The van der Waals surface area contributed by atoms with Gasteiger partial charge in [0.2, 0.25) is 5.91 Å². The van der Waals surface area contributed by atoms with Crippen molar-refractivity contribution in [3.8, 4) is 29.7 Å². The van der Waals surface area contributed by atoms with E-state index in [1.807, 2.05) is 19.1 Å². The fourth-order valence-electron chi connectivity index (χ4n) is 3.59. The van der Waals surface area contributed by atoms with Crippen LogP contribution in [0.3, 0.4) is 0 Å². The van der Waals surface area contributed by atoms with Crippen LogP contribution >= 0.6 is 0 Å². The predicted molar refractivity (Wildman–Crippen MR) is 109 cm³/mol. The Morgan fingerprint density at radius 1 is 1.27 bits per heavy atom. The number of hydrogen-bond acceptors (Lipinski definition) is 6. The number of rotatable bonds is 5. The van der Waals surface area contributed by atoms with Crippen molar-refractivity contribution in [3.63, 3.8) is 0 Å². The molecule has 1 aromatic carbocycles. The number of carbonyl (C=O) groups is 1. The Kier molecular flexibility index (Phi) is 4.98. The average molecular weight is 405 g/mol. The number of fused-ring (bicyclic) bond motifs is 1. The monoisotopic (exact) mass is 405 g/mol. The Bertz CT molecular complexity index is 1200. The molecule has 1 amide bonds. The summed E-state index contributed by atoms with van der Waals surface area (Å²) in [5.74, 6) is 4.02. The zero-order chi connectivity index (χ0) is 21.3. The minimum atomic E-state index is -0.323. The molecule has 0 spiro atoms. The lowest BCUT2D eigenvalue weighted by Crippen LogP contribution is -2.25. The van der Waals surface area contributed by atoms with Crippen molar-refractivity contribution in [3.05, 3.63) is 57.5 Å². The number of aryl methyl sites for hydroxylation is 1. The number of aromatic nitrogens is 4. The number of aromatic amines is 1. The van der Waals surface area contributed by atoms with Crippen molar-refractivity contribution >= 4 is 11.7 Å². The topological polar surface area (TPSA) is 111 Å². The fourth-order valence-corrected chi connectivity index (χ4v) is 3.59. The molecule has 9 heteroatoms. The molecule has 1 atom stereocenters. The van der Waals surface area contributed by atoms with Gasteiger partial charge in [0.15, 0.2) is 17.3 Å². The standard InChI is InChI=1S/C21H19N5O4/c1-4-9-30-16-10-13(5-6-15(16)29-3)14-11-19(28)22-21-20(14)12(2)25-26(21)17-7-8-18(27)24-23-17/h1,5-8,10,14H,9,11H2,2-3H3,(H,22,28)(H,24,27). The van der Waals surface area contributed by atoms with E-state index in [1.165, 1.54) is 10.7 Å². The summed E-state index contributed by atoms with van der Waals surface area (Å²) in [6, 6.07) is 8.41. The van der Waals surface area contributed by atoms with Crippen LogP contribution in [-0.4, -0.2) is 39.6 Å². The van der Waals surface area contributed by atoms with Gasteiger partial charge in [0.25, 0.3) is 5.56 Å². The number of hydrogen-bond donors (Lipinski definition) is 2. The number of terminal acetylenes is 1. The summed E-state index contributed by atoms with van der Waals surface area (Å²) < 4.78 is 12.5. The van der Waals surface area contributed by atoms with Crippen molar-refractivity contribution in [1.82, 2.24) is 20.0 Å². The first-order valence-corrected chi connectivity index (χ1v) is 9.21. The second-order valence-electron chi connectivity index (χ2n) is 6.75. The highest BCUT2D eigenvalue weighted by Crippen LogP contribution is 2.42. The van der Waals surface area contributed by atoms with Crippen LogP contribution in [0.2, 0.25) is 0 Å². The Labute approximate surface area is 172 Å². The molecule has 1 aliphatic rings. The normalized spacial score (nSPS) is 15.1. The highest BCUT2D eigenvalue weighted by molar-refractivity contribution is 5.95. The van der Waals surface area contributed by atoms with Gasteiger partial charge in [-0.15, -0.1) is 6.42 Å².